The van der Waals surface area contributed by atoms with Gasteiger partial charge in [0.2, 0.25) is 0 Å². The summed E-state index contributed by atoms with van der Waals surface area (Å²) in [6.45, 7) is 7.76. The number of anilines is 2. The lowest BCUT2D eigenvalue weighted by molar-refractivity contribution is -0.118. The molecule has 38 heavy (non-hydrogen) atoms. The summed E-state index contributed by atoms with van der Waals surface area (Å²) in [5, 5.41) is 5.73. The first-order valence-electron chi connectivity index (χ1n) is 12.5. The van der Waals surface area contributed by atoms with E-state index in [1.54, 1.807) is 0 Å². The van der Waals surface area contributed by atoms with Crippen LogP contribution in [0.1, 0.15) is 22.3 Å². The van der Waals surface area contributed by atoms with E-state index in [4.69, 9.17) is 9.47 Å². The van der Waals surface area contributed by atoms with E-state index < -0.39 is 0 Å². The highest BCUT2D eigenvalue weighted by molar-refractivity contribution is 5.93. The van der Waals surface area contributed by atoms with E-state index in [1.807, 2.05) is 113 Å². The van der Waals surface area contributed by atoms with Gasteiger partial charge in [0.25, 0.3) is 11.8 Å². The first-order valence-corrected chi connectivity index (χ1v) is 12.5. The van der Waals surface area contributed by atoms with E-state index in [9.17, 15) is 9.59 Å². The average molecular weight is 509 g/mol. The van der Waals surface area contributed by atoms with Gasteiger partial charge >= 0.3 is 0 Å². The molecule has 0 aliphatic rings. The quantitative estimate of drug-likeness (QED) is 0.266. The first kappa shape index (κ1) is 26.5. The Morgan fingerprint density at radius 3 is 1.29 bits per heavy atom. The molecule has 2 N–H and O–H groups in total. The second kappa shape index (κ2) is 12.1. The van der Waals surface area contributed by atoms with E-state index in [2.05, 4.69) is 10.6 Å². The van der Waals surface area contributed by atoms with Crippen molar-refractivity contribution >= 4 is 23.2 Å². The minimum atomic E-state index is -0.222. The molecule has 0 saturated carbocycles. The van der Waals surface area contributed by atoms with Crippen molar-refractivity contribution in [3.8, 4) is 22.6 Å². The summed E-state index contributed by atoms with van der Waals surface area (Å²) in [7, 11) is 0. The predicted molar refractivity (Wildman–Crippen MR) is 152 cm³/mol. The monoisotopic (exact) mass is 508 g/mol. The summed E-state index contributed by atoms with van der Waals surface area (Å²) >= 11 is 0. The maximum absolute atomic E-state index is 12.3. The average Bonchev–Trinajstić information content (AvgIpc) is 2.90. The van der Waals surface area contributed by atoms with Crippen LogP contribution in [0.3, 0.4) is 0 Å². The molecular weight excluding hydrogens is 476 g/mol. The van der Waals surface area contributed by atoms with Crippen molar-refractivity contribution in [1.82, 2.24) is 0 Å². The van der Waals surface area contributed by atoms with E-state index in [0.717, 1.165) is 33.4 Å². The third kappa shape index (κ3) is 7.23. The van der Waals surface area contributed by atoms with Crippen LogP contribution in [-0.2, 0) is 9.59 Å². The molecule has 4 aromatic carbocycles. The normalized spacial score (nSPS) is 10.5. The summed E-state index contributed by atoms with van der Waals surface area (Å²) in [5.74, 6) is 0.980. The zero-order chi connectivity index (χ0) is 27.1. The Balaban J connectivity index is 1.27. The number of carbonyl (C=O) groups excluding carboxylic acids is 2. The fraction of sp³-hybridized carbons (Fsp3) is 0.188. The molecule has 4 aromatic rings. The fourth-order valence-electron chi connectivity index (χ4n) is 3.90. The highest BCUT2D eigenvalue weighted by atomic mass is 16.5. The summed E-state index contributed by atoms with van der Waals surface area (Å²) < 4.78 is 11.4. The summed E-state index contributed by atoms with van der Waals surface area (Å²) in [5.41, 5.74) is 7.51. The van der Waals surface area contributed by atoms with Gasteiger partial charge in [0.1, 0.15) is 11.5 Å². The van der Waals surface area contributed by atoms with Crippen LogP contribution in [0.4, 0.5) is 11.4 Å². The number of ether oxygens (including phenoxy) is 2. The number of carbonyl (C=O) groups is 2. The van der Waals surface area contributed by atoms with Crippen molar-refractivity contribution in [3.63, 3.8) is 0 Å². The van der Waals surface area contributed by atoms with Gasteiger partial charge in [-0.05, 0) is 97.5 Å². The molecule has 0 spiro atoms. The molecule has 0 radical (unpaired) electrons. The van der Waals surface area contributed by atoms with Gasteiger partial charge < -0.3 is 20.1 Å². The van der Waals surface area contributed by atoms with Crippen molar-refractivity contribution in [1.29, 1.82) is 0 Å². The Morgan fingerprint density at radius 2 is 0.921 bits per heavy atom. The minimum Gasteiger partial charge on any atom is -0.483 e. The van der Waals surface area contributed by atoms with E-state index in [0.29, 0.717) is 22.9 Å². The molecular formula is C32H32N2O4. The second-order valence-corrected chi connectivity index (χ2v) is 9.37. The molecule has 0 aromatic heterocycles. The van der Waals surface area contributed by atoms with E-state index >= 15 is 0 Å². The number of benzene rings is 4. The molecule has 194 valence electrons. The molecule has 0 heterocycles. The van der Waals surface area contributed by atoms with Gasteiger partial charge in [-0.25, -0.2) is 0 Å². The van der Waals surface area contributed by atoms with Crippen LogP contribution >= 0.6 is 0 Å². The van der Waals surface area contributed by atoms with Crippen LogP contribution in [0, 0.1) is 27.7 Å². The lowest BCUT2D eigenvalue weighted by Crippen LogP contribution is -2.20. The number of hydrogen-bond donors (Lipinski definition) is 2. The van der Waals surface area contributed by atoms with Crippen molar-refractivity contribution < 1.29 is 19.1 Å². The molecule has 0 unspecified atom stereocenters. The topological polar surface area (TPSA) is 76.7 Å². The van der Waals surface area contributed by atoms with Gasteiger partial charge in [-0.3, -0.25) is 9.59 Å². The van der Waals surface area contributed by atoms with Gasteiger partial charge in [-0.15, -0.1) is 0 Å². The lowest BCUT2D eigenvalue weighted by atomic mass is 10.0. The number of rotatable bonds is 9. The van der Waals surface area contributed by atoms with Gasteiger partial charge in [0.15, 0.2) is 13.2 Å². The Labute approximate surface area is 223 Å². The van der Waals surface area contributed by atoms with Crippen LogP contribution in [-0.4, -0.2) is 25.0 Å². The molecule has 0 saturated heterocycles. The standard InChI is InChI=1S/C32H32N2O4/c1-21-5-7-23(3)29(17-21)37-19-31(35)33-27-13-9-25(10-14-27)26-11-15-28(16-12-26)34-32(36)20-38-30-18-22(2)6-8-24(30)4/h5-18H,19-20H2,1-4H3,(H,33,35)(H,34,36). The highest BCUT2D eigenvalue weighted by Gasteiger charge is 2.08. The SMILES string of the molecule is Cc1ccc(C)c(OCC(=O)Nc2ccc(-c3ccc(NC(=O)COc4cc(C)ccc4C)cc3)cc2)c1. The van der Waals surface area contributed by atoms with Gasteiger partial charge in [0, 0.05) is 11.4 Å². The third-order valence-electron chi connectivity index (χ3n) is 6.08. The molecule has 0 atom stereocenters. The molecule has 6 heteroatoms. The minimum absolute atomic E-state index is 0.0607. The summed E-state index contributed by atoms with van der Waals surface area (Å²) in [6.07, 6.45) is 0. The smallest absolute Gasteiger partial charge is 0.262 e. The Kier molecular flexibility index (Phi) is 8.44. The summed E-state index contributed by atoms with van der Waals surface area (Å²) in [4.78, 5) is 24.7. The lowest BCUT2D eigenvalue weighted by Gasteiger charge is -2.11. The number of hydrogen-bond acceptors (Lipinski definition) is 4. The molecule has 0 aliphatic carbocycles. The Hall–Kier alpha value is -4.58. The van der Waals surface area contributed by atoms with Crippen LogP contribution in [0.5, 0.6) is 11.5 Å². The van der Waals surface area contributed by atoms with Crippen molar-refractivity contribution in [3.05, 3.63) is 107 Å². The number of aryl methyl sites for hydroxylation is 4. The van der Waals surface area contributed by atoms with Gasteiger partial charge in [0.05, 0.1) is 0 Å². The van der Waals surface area contributed by atoms with Crippen LogP contribution in [0.2, 0.25) is 0 Å². The second-order valence-electron chi connectivity index (χ2n) is 9.37. The Morgan fingerprint density at radius 1 is 0.553 bits per heavy atom. The molecule has 6 nitrogen and oxygen atoms in total. The zero-order valence-corrected chi connectivity index (χ0v) is 22.1. The van der Waals surface area contributed by atoms with Gasteiger partial charge in [-0.1, -0.05) is 48.5 Å². The molecule has 0 fully saturated rings. The maximum Gasteiger partial charge on any atom is 0.262 e. The summed E-state index contributed by atoms with van der Waals surface area (Å²) in [6, 6.07) is 27.0. The number of amides is 2. The molecule has 0 aliphatic heterocycles. The van der Waals surface area contributed by atoms with E-state index in [1.165, 1.54) is 0 Å². The third-order valence-corrected chi connectivity index (χ3v) is 6.08. The Bertz CT molecular complexity index is 1320. The number of nitrogens with one attached hydrogen (secondary N) is 2. The molecule has 4 rings (SSSR count). The molecule has 0 bridgehead atoms. The van der Waals surface area contributed by atoms with Gasteiger partial charge in [-0.2, -0.15) is 0 Å². The zero-order valence-electron chi connectivity index (χ0n) is 22.1. The van der Waals surface area contributed by atoms with Crippen LogP contribution in [0.15, 0.2) is 84.9 Å². The van der Waals surface area contributed by atoms with Crippen LogP contribution in [0.25, 0.3) is 11.1 Å². The predicted octanol–water partition coefficient (Wildman–Crippen LogP) is 6.62. The van der Waals surface area contributed by atoms with Crippen molar-refractivity contribution in [2.24, 2.45) is 0 Å². The largest absolute Gasteiger partial charge is 0.483 e. The first-order chi connectivity index (χ1) is 18.3. The highest BCUT2D eigenvalue weighted by Crippen LogP contribution is 2.24. The van der Waals surface area contributed by atoms with Crippen molar-refractivity contribution in [2.45, 2.75) is 27.7 Å². The van der Waals surface area contributed by atoms with Crippen molar-refractivity contribution in [2.75, 3.05) is 23.8 Å². The fourth-order valence-corrected chi connectivity index (χ4v) is 3.90. The van der Waals surface area contributed by atoms with Crippen LogP contribution < -0.4 is 20.1 Å². The molecule has 2 amide bonds. The maximum atomic E-state index is 12.3. The van der Waals surface area contributed by atoms with E-state index in [-0.39, 0.29) is 25.0 Å².